The standard InChI is InChI=1S/C24H29Cl2N3O4S/c1-33-23-5-3-2-4-22(23)27-12-14-28(15-13-27)24(30)19-8-10-29(11-9-19)34(31,32)17-18-6-7-20(25)21(26)16-18/h2-7,16,19H,8-15,17H2,1H3. The number of carbonyl (C=O) groups is 1. The largest absolute Gasteiger partial charge is 0.495 e. The molecule has 2 aromatic carbocycles. The maximum absolute atomic E-state index is 13.1. The molecule has 184 valence electrons. The molecule has 2 heterocycles. The maximum Gasteiger partial charge on any atom is 0.225 e. The van der Waals surface area contributed by atoms with Crippen molar-refractivity contribution in [1.29, 1.82) is 0 Å². The van der Waals surface area contributed by atoms with Crippen molar-refractivity contribution < 1.29 is 17.9 Å². The van der Waals surface area contributed by atoms with E-state index in [1.165, 1.54) is 4.31 Å². The fraction of sp³-hybridized carbons (Fsp3) is 0.458. The maximum atomic E-state index is 13.1. The second-order valence-corrected chi connectivity index (χ2v) is 11.4. The average Bonchev–Trinajstić information content (AvgIpc) is 2.86. The fourth-order valence-electron chi connectivity index (χ4n) is 4.63. The molecule has 10 heteroatoms. The van der Waals surface area contributed by atoms with Gasteiger partial charge in [-0.1, -0.05) is 41.4 Å². The van der Waals surface area contributed by atoms with Gasteiger partial charge in [0.25, 0.3) is 0 Å². The molecule has 0 aliphatic carbocycles. The third-order valence-electron chi connectivity index (χ3n) is 6.55. The van der Waals surface area contributed by atoms with Crippen molar-refractivity contribution in [3.63, 3.8) is 0 Å². The van der Waals surface area contributed by atoms with Crippen molar-refractivity contribution in [3.8, 4) is 5.75 Å². The predicted molar refractivity (Wildman–Crippen MR) is 135 cm³/mol. The number of para-hydroxylation sites is 2. The molecule has 0 N–H and O–H groups in total. The molecule has 2 aliphatic rings. The lowest BCUT2D eigenvalue weighted by molar-refractivity contribution is -0.137. The third-order valence-corrected chi connectivity index (χ3v) is 9.14. The Morgan fingerprint density at radius 3 is 2.29 bits per heavy atom. The highest BCUT2D eigenvalue weighted by Crippen LogP contribution is 2.30. The van der Waals surface area contributed by atoms with Crippen LogP contribution in [0.15, 0.2) is 42.5 Å². The summed E-state index contributed by atoms with van der Waals surface area (Å²) in [5.74, 6) is 0.681. The molecule has 4 rings (SSSR count). The number of rotatable bonds is 6. The average molecular weight is 526 g/mol. The second-order valence-electron chi connectivity index (χ2n) is 8.66. The number of carbonyl (C=O) groups excluding carboxylic acids is 1. The summed E-state index contributed by atoms with van der Waals surface area (Å²) in [5, 5.41) is 0.732. The topological polar surface area (TPSA) is 70.2 Å². The van der Waals surface area contributed by atoms with Crippen molar-refractivity contribution >= 4 is 44.8 Å². The molecule has 0 unspecified atom stereocenters. The molecular weight excluding hydrogens is 497 g/mol. The van der Waals surface area contributed by atoms with Gasteiger partial charge in [0, 0.05) is 45.2 Å². The number of anilines is 1. The third kappa shape index (κ3) is 5.62. The summed E-state index contributed by atoms with van der Waals surface area (Å²) in [7, 11) is -1.83. The lowest BCUT2D eigenvalue weighted by atomic mass is 9.96. The van der Waals surface area contributed by atoms with Gasteiger partial charge in [0.05, 0.1) is 28.6 Å². The Labute approximate surface area is 211 Å². The van der Waals surface area contributed by atoms with Gasteiger partial charge in [0.15, 0.2) is 0 Å². The van der Waals surface area contributed by atoms with Crippen LogP contribution in [-0.4, -0.2) is 69.9 Å². The normalized spacial score (nSPS) is 18.2. The van der Waals surface area contributed by atoms with Crippen molar-refractivity contribution in [2.45, 2.75) is 18.6 Å². The number of ether oxygens (including phenoxy) is 1. The van der Waals surface area contributed by atoms with Crippen LogP contribution in [-0.2, 0) is 20.6 Å². The first-order valence-corrected chi connectivity index (χ1v) is 13.7. The molecule has 0 bridgehead atoms. The SMILES string of the molecule is COc1ccccc1N1CCN(C(=O)C2CCN(S(=O)(=O)Cc3ccc(Cl)c(Cl)c3)CC2)CC1. The van der Waals surface area contributed by atoms with Gasteiger partial charge in [-0.05, 0) is 42.7 Å². The van der Waals surface area contributed by atoms with E-state index in [1.807, 2.05) is 29.2 Å². The molecule has 0 radical (unpaired) electrons. The quantitative estimate of drug-likeness (QED) is 0.572. The Kier molecular flexibility index (Phi) is 7.92. The predicted octanol–water partition coefficient (Wildman–Crippen LogP) is 3.89. The molecule has 7 nitrogen and oxygen atoms in total. The van der Waals surface area contributed by atoms with Crippen molar-refractivity contribution in [2.75, 3.05) is 51.3 Å². The van der Waals surface area contributed by atoms with E-state index < -0.39 is 10.0 Å². The van der Waals surface area contributed by atoms with Crippen LogP contribution in [0, 0.1) is 5.92 Å². The number of halogens is 2. The molecule has 0 saturated carbocycles. The first kappa shape index (κ1) is 25.1. The van der Waals surface area contributed by atoms with Gasteiger partial charge in [-0.3, -0.25) is 4.79 Å². The number of benzene rings is 2. The first-order valence-electron chi connectivity index (χ1n) is 11.4. The second kappa shape index (κ2) is 10.7. The van der Waals surface area contributed by atoms with E-state index in [0.717, 1.165) is 24.5 Å². The fourth-order valence-corrected chi connectivity index (χ4v) is 6.50. The highest BCUT2D eigenvalue weighted by Gasteiger charge is 2.34. The van der Waals surface area contributed by atoms with Gasteiger partial charge < -0.3 is 14.5 Å². The Bertz CT molecular complexity index is 1130. The van der Waals surface area contributed by atoms with Crippen LogP contribution in [0.25, 0.3) is 0 Å². The zero-order valence-electron chi connectivity index (χ0n) is 19.1. The molecule has 0 aromatic heterocycles. The van der Waals surface area contributed by atoms with Gasteiger partial charge in [0.2, 0.25) is 15.9 Å². The van der Waals surface area contributed by atoms with Gasteiger partial charge in [-0.15, -0.1) is 0 Å². The van der Waals surface area contributed by atoms with Gasteiger partial charge >= 0.3 is 0 Å². The van der Waals surface area contributed by atoms with Crippen LogP contribution < -0.4 is 9.64 Å². The summed E-state index contributed by atoms with van der Waals surface area (Å²) in [4.78, 5) is 17.3. The van der Waals surface area contributed by atoms with Gasteiger partial charge in [0.1, 0.15) is 5.75 Å². The minimum Gasteiger partial charge on any atom is -0.495 e. The van der Waals surface area contributed by atoms with Crippen LogP contribution in [0.2, 0.25) is 10.0 Å². The highest BCUT2D eigenvalue weighted by molar-refractivity contribution is 7.88. The summed E-state index contributed by atoms with van der Waals surface area (Å²) in [6.45, 7) is 3.47. The van der Waals surface area contributed by atoms with Crippen LogP contribution in [0.3, 0.4) is 0 Å². The Hall–Kier alpha value is -2.00. The minimum atomic E-state index is -3.50. The Morgan fingerprint density at radius 1 is 0.971 bits per heavy atom. The van der Waals surface area contributed by atoms with Crippen molar-refractivity contribution in [3.05, 3.63) is 58.1 Å². The zero-order chi connectivity index (χ0) is 24.3. The number of hydrogen-bond donors (Lipinski definition) is 0. The first-order chi connectivity index (χ1) is 16.3. The highest BCUT2D eigenvalue weighted by atomic mass is 35.5. The lowest BCUT2D eigenvalue weighted by Crippen LogP contribution is -2.52. The van der Waals surface area contributed by atoms with E-state index in [1.54, 1.807) is 25.3 Å². The summed E-state index contributed by atoms with van der Waals surface area (Å²) >= 11 is 12.0. The van der Waals surface area contributed by atoms with E-state index in [4.69, 9.17) is 27.9 Å². The van der Waals surface area contributed by atoms with Crippen LogP contribution in [0.4, 0.5) is 5.69 Å². The monoisotopic (exact) mass is 525 g/mol. The van der Waals surface area contributed by atoms with E-state index in [9.17, 15) is 13.2 Å². The van der Waals surface area contributed by atoms with Gasteiger partial charge in [-0.2, -0.15) is 0 Å². The van der Waals surface area contributed by atoms with Crippen LogP contribution >= 0.6 is 23.2 Å². The molecule has 2 fully saturated rings. The van der Waals surface area contributed by atoms with Crippen LogP contribution in [0.1, 0.15) is 18.4 Å². The molecular formula is C24H29Cl2N3O4S. The zero-order valence-corrected chi connectivity index (χ0v) is 21.4. The van der Waals surface area contributed by atoms with E-state index >= 15 is 0 Å². The molecule has 0 spiro atoms. The number of methoxy groups -OCH3 is 1. The van der Waals surface area contributed by atoms with E-state index in [-0.39, 0.29) is 17.6 Å². The lowest BCUT2D eigenvalue weighted by Gasteiger charge is -2.39. The van der Waals surface area contributed by atoms with Crippen molar-refractivity contribution in [2.24, 2.45) is 5.92 Å². The molecule has 1 amide bonds. The molecule has 2 saturated heterocycles. The van der Waals surface area contributed by atoms with E-state index in [0.29, 0.717) is 54.6 Å². The van der Waals surface area contributed by atoms with E-state index in [2.05, 4.69) is 4.90 Å². The number of hydrogen-bond acceptors (Lipinski definition) is 5. The van der Waals surface area contributed by atoms with Crippen molar-refractivity contribution in [1.82, 2.24) is 9.21 Å². The Balaban J connectivity index is 1.29. The number of amides is 1. The summed E-state index contributed by atoms with van der Waals surface area (Å²) in [5.41, 5.74) is 1.64. The minimum absolute atomic E-state index is 0.126. The Morgan fingerprint density at radius 2 is 1.65 bits per heavy atom. The smallest absolute Gasteiger partial charge is 0.225 e. The molecule has 0 atom stereocenters. The molecule has 34 heavy (non-hydrogen) atoms. The molecule has 2 aliphatic heterocycles. The molecule has 2 aromatic rings. The van der Waals surface area contributed by atoms with Crippen LogP contribution in [0.5, 0.6) is 5.75 Å². The summed E-state index contributed by atoms with van der Waals surface area (Å²) in [6, 6.07) is 12.8. The number of nitrogens with zero attached hydrogens (tertiary/aromatic N) is 3. The number of piperidine rings is 1. The summed E-state index contributed by atoms with van der Waals surface area (Å²) < 4.78 is 32.7. The van der Waals surface area contributed by atoms with Gasteiger partial charge in [-0.25, -0.2) is 12.7 Å². The summed E-state index contributed by atoms with van der Waals surface area (Å²) in [6.07, 6.45) is 1.07. The number of sulfonamides is 1. The number of piperazine rings is 1.